The van der Waals surface area contributed by atoms with Crippen molar-refractivity contribution >= 4 is 23.4 Å². The predicted molar refractivity (Wildman–Crippen MR) is 100 cm³/mol. The second-order valence-corrected chi connectivity index (χ2v) is 6.75. The highest BCUT2D eigenvalue weighted by atomic mass is 16.5. The molecule has 136 valence electrons. The van der Waals surface area contributed by atoms with E-state index in [9.17, 15) is 9.59 Å². The van der Waals surface area contributed by atoms with Crippen molar-refractivity contribution in [3.05, 3.63) is 53.7 Å². The number of esters is 1. The highest BCUT2D eigenvalue weighted by molar-refractivity contribution is 5.95. The molecule has 2 aromatic rings. The van der Waals surface area contributed by atoms with Gasteiger partial charge >= 0.3 is 5.97 Å². The number of carbonyl (C=O) groups excluding carboxylic acids is 2. The number of amides is 1. The first-order chi connectivity index (χ1) is 12.5. The van der Waals surface area contributed by atoms with Gasteiger partial charge in [0.25, 0.3) is 5.91 Å². The minimum Gasteiger partial charge on any atom is -0.452 e. The molecule has 1 aliphatic carbocycles. The molecule has 1 aromatic carbocycles. The summed E-state index contributed by atoms with van der Waals surface area (Å²) in [5.74, 6) is 0.225. The van der Waals surface area contributed by atoms with Crippen LogP contribution in [0.5, 0.6) is 0 Å². The monoisotopic (exact) mass is 353 g/mol. The number of nitrogens with one attached hydrogen (secondary N) is 2. The molecule has 0 aliphatic heterocycles. The van der Waals surface area contributed by atoms with Gasteiger partial charge in [-0.3, -0.25) is 4.79 Å². The summed E-state index contributed by atoms with van der Waals surface area (Å²) in [5.41, 5.74) is 2.19. The third-order valence-corrected chi connectivity index (χ3v) is 4.12. The fourth-order valence-electron chi connectivity index (χ4n) is 2.40. The van der Waals surface area contributed by atoms with Crippen LogP contribution < -0.4 is 10.6 Å². The maximum atomic E-state index is 12.0. The molecule has 6 heteroatoms. The summed E-state index contributed by atoms with van der Waals surface area (Å²) in [4.78, 5) is 28.1. The van der Waals surface area contributed by atoms with Crippen molar-refractivity contribution in [1.82, 2.24) is 4.98 Å². The zero-order chi connectivity index (χ0) is 18.5. The van der Waals surface area contributed by atoms with Crippen molar-refractivity contribution in [3.8, 4) is 0 Å². The van der Waals surface area contributed by atoms with Crippen LogP contribution in [0.4, 0.5) is 11.5 Å². The Morgan fingerprint density at radius 2 is 1.88 bits per heavy atom. The molecule has 1 amide bonds. The van der Waals surface area contributed by atoms with Crippen LogP contribution in [0, 0.1) is 0 Å². The SMILES string of the molecule is CC(C)c1ccc(NC(=O)COC(=O)c2ccc(NC3CC3)nc2)cc1. The van der Waals surface area contributed by atoms with Crippen LogP contribution >= 0.6 is 0 Å². The van der Waals surface area contributed by atoms with Gasteiger partial charge in [0.05, 0.1) is 5.56 Å². The molecule has 6 nitrogen and oxygen atoms in total. The minimum absolute atomic E-state index is 0.320. The number of benzene rings is 1. The second-order valence-electron chi connectivity index (χ2n) is 6.75. The number of nitrogens with zero attached hydrogens (tertiary/aromatic N) is 1. The van der Waals surface area contributed by atoms with Gasteiger partial charge in [-0.1, -0.05) is 26.0 Å². The molecule has 1 aromatic heterocycles. The van der Waals surface area contributed by atoms with Crippen LogP contribution in [0.15, 0.2) is 42.6 Å². The number of hydrogen-bond donors (Lipinski definition) is 2. The van der Waals surface area contributed by atoms with Crippen LogP contribution in [-0.4, -0.2) is 29.5 Å². The Balaban J connectivity index is 1.46. The van der Waals surface area contributed by atoms with E-state index in [2.05, 4.69) is 29.5 Å². The average molecular weight is 353 g/mol. The second kappa shape index (κ2) is 7.99. The Labute approximate surface area is 153 Å². The van der Waals surface area contributed by atoms with E-state index in [1.54, 1.807) is 12.1 Å². The van der Waals surface area contributed by atoms with Crippen LogP contribution in [0.1, 0.15) is 48.5 Å². The lowest BCUT2D eigenvalue weighted by molar-refractivity contribution is -0.119. The summed E-state index contributed by atoms with van der Waals surface area (Å²) < 4.78 is 5.05. The molecule has 1 heterocycles. The van der Waals surface area contributed by atoms with Crippen molar-refractivity contribution in [2.24, 2.45) is 0 Å². The van der Waals surface area contributed by atoms with E-state index in [0.29, 0.717) is 23.2 Å². The Bertz CT molecular complexity index is 766. The molecule has 1 fully saturated rings. The van der Waals surface area contributed by atoms with Gasteiger partial charge in [0.15, 0.2) is 6.61 Å². The number of pyridine rings is 1. The Kier molecular flexibility index (Phi) is 5.51. The molecule has 3 rings (SSSR count). The van der Waals surface area contributed by atoms with Crippen molar-refractivity contribution in [2.45, 2.75) is 38.6 Å². The fraction of sp³-hybridized carbons (Fsp3) is 0.350. The number of hydrogen-bond acceptors (Lipinski definition) is 5. The lowest BCUT2D eigenvalue weighted by Gasteiger charge is -2.09. The van der Waals surface area contributed by atoms with E-state index in [1.165, 1.54) is 11.8 Å². The van der Waals surface area contributed by atoms with Gasteiger partial charge in [-0.2, -0.15) is 0 Å². The molecular weight excluding hydrogens is 330 g/mol. The Hall–Kier alpha value is -2.89. The summed E-state index contributed by atoms with van der Waals surface area (Å²) >= 11 is 0. The largest absolute Gasteiger partial charge is 0.452 e. The van der Waals surface area contributed by atoms with Gasteiger partial charge in [0, 0.05) is 17.9 Å². The highest BCUT2D eigenvalue weighted by Gasteiger charge is 2.21. The van der Waals surface area contributed by atoms with Gasteiger partial charge in [0.1, 0.15) is 5.82 Å². The Morgan fingerprint density at radius 3 is 2.46 bits per heavy atom. The van der Waals surface area contributed by atoms with Gasteiger partial charge in [0.2, 0.25) is 0 Å². The first-order valence-corrected chi connectivity index (χ1v) is 8.81. The van der Waals surface area contributed by atoms with E-state index < -0.39 is 5.97 Å². The van der Waals surface area contributed by atoms with Crippen LogP contribution in [0.2, 0.25) is 0 Å². The minimum atomic E-state index is -0.569. The maximum Gasteiger partial charge on any atom is 0.340 e. The summed E-state index contributed by atoms with van der Waals surface area (Å²) in [7, 11) is 0. The quantitative estimate of drug-likeness (QED) is 0.744. The van der Waals surface area contributed by atoms with Crippen molar-refractivity contribution < 1.29 is 14.3 Å². The molecule has 2 N–H and O–H groups in total. The molecule has 0 bridgehead atoms. The molecule has 0 radical (unpaired) electrons. The molecule has 0 spiro atoms. The van der Waals surface area contributed by atoms with Crippen molar-refractivity contribution in [2.75, 3.05) is 17.2 Å². The number of carbonyl (C=O) groups is 2. The van der Waals surface area contributed by atoms with E-state index in [-0.39, 0.29) is 12.5 Å². The van der Waals surface area contributed by atoms with E-state index >= 15 is 0 Å². The van der Waals surface area contributed by atoms with Crippen molar-refractivity contribution in [3.63, 3.8) is 0 Å². The number of anilines is 2. The summed E-state index contributed by atoms with van der Waals surface area (Å²) in [6, 6.07) is 11.5. The molecule has 0 atom stereocenters. The first-order valence-electron chi connectivity index (χ1n) is 8.81. The molecule has 1 saturated carbocycles. The number of rotatable bonds is 7. The third-order valence-electron chi connectivity index (χ3n) is 4.12. The molecule has 26 heavy (non-hydrogen) atoms. The normalized spacial score (nSPS) is 13.3. The Morgan fingerprint density at radius 1 is 1.15 bits per heavy atom. The van der Waals surface area contributed by atoms with Crippen LogP contribution in [0.3, 0.4) is 0 Å². The first kappa shape index (κ1) is 17.9. The van der Waals surface area contributed by atoms with E-state index in [0.717, 1.165) is 18.7 Å². The fourth-order valence-corrected chi connectivity index (χ4v) is 2.40. The number of aromatic nitrogens is 1. The van der Waals surface area contributed by atoms with E-state index in [4.69, 9.17) is 4.74 Å². The summed E-state index contributed by atoms with van der Waals surface area (Å²) in [5, 5.41) is 5.95. The van der Waals surface area contributed by atoms with Gasteiger partial charge in [-0.15, -0.1) is 0 Å². The van der Waals surface area contributed by atoms with Gasteiger partial charge in [-0.25, -0.2) is 9.78 Å². The predicted octanol–water partition coefficient (Wildman–Crippen LogP) is 3.57. The molecular formula is C20H23N3O3. The molecule has 1 aliphatic rings. The lowest BCUT2D eigenvalue weighted by atomic mass is 10.0. The zero-order valence-corrected chi connectivity index (χ0v) is 15.0. The summed E-state index contributed by atoms with van der Waals surface area (Å²) in [6.07, 6.45) is 3.76. The topological polar surface area (TPSA) is 80.3 Å². The van der Waals surface area contributed by atoms with Crippen molar-refractivity contribution in [1.29, 1.82) is 0 Å². The zero-order valence-electron chi connectivity index (χ0n) is 15.0. The number of ether oxygens (including phenoxy) is 1. The van der Waals surface area contributed by atoms with Gasteiger partial charge in [-0.05, 0) is 48.6 Å². The average Bonchev–Trinajstić information content (AvgIpc) is 3.45. The smallest absolute Gasteiger partial charge is 0.340 e. The van der Waals surface area contributed by atoms with Crippen LogP contribution in [-0.2, 0) is 9.53 Å². The maximum absolute atomic E-state index is 12.0. The molecule has 0 unspecified atom stereocenters. The summed E-state index contributed by atoms with van der Waals surface area (Å²) in [6.45, 7) is 3.87. The highest BCUT2D eigenvalue weighted by Crippen LogP contribution is 2.23. The van der Waals surface area contributed by atoms with E-state index in [1.807, 2.05) is 24.3 Å². The third kappa shape index (κ3) is 5.05. The molecule has 0 saturated heterocycles. The van der Waals surface area contributed by atoms with Gasteiger partial charge < -0.3 is 15.4 Å². The lowest BCUT2D eigenvalue weighted by Crippen LogP contribution is -2.21. The standard InChI is InChI=1S/C20H23N3O3/c1-13(2)14-3-6-17(7-4-14)23-19(24)12-26-20(25)15-5-10-18(21-11-15)22-16-8-9-16/h3-7,10-11,13,16H,8-9,12H2,1-2H3,(H,21,22)(H,23,24). The van der Waals surface area contributed by atoms with Crippen LogP contribution in [0.25, 0.3) is 0 Å².